The van der Waals surface area contributed by atoms with Gasteiger partial charge in [-0.1, -0.05) is 102 Å². The molecule has 0 rings (SSSR count). The summed E-state index contributed by atoms with van der Waals surface area (Å²) in [7, 11) is 0. The molecule has 0 heterocycles. The summed E-state index contributed by atoms with van der Waals surface area (Å²) in [6, 6.07) is 0. The number of carbonyl (C=O) groups is 1. The molecule has 0 bridgehead atoms. The number of hydrogen-bond acceptors (Lipinski definition) is 5. The number of hydrogen-bond donors (Lipinski definition) is 1. The summed E-state index contributed by atoms with van der Waals surface area (Å²) in [5, 5.41) is 0. The maximum atomic E-state index is 11.7. The van der Waals surface area contributed by atoms with Gasteiger partial charge in [0.05, 0.1) is 26.4 Å². The zero-order valence-electron chi connectivity index (χ0n) is 23.4. The van der Waals surface area contributed by atoms with Crippen molar-refractivity contribution in [1.82, 2.24) is 0 Å². The maximum absolute atomic E-state index is 11.7. The van der Waals surface area contributed by atoms with Crippen LogP contribution in [-0.4, -0.2) is 45.5 Å². The number of rotatable bonds is 26. The van der Waals surface area contributed by atoms with Crippen LogP contribution in [0.25, 0.3) is 0 Å². The highest BCUT2D eigenvalue weighted by Crippen LogP contribution is 2.11. The molecule has 0 saturated heterocycles. The number of esters is 1. The van der Waals surface area contributed by atoms with Gasteiger partial charge in [-0.25, -0.2) is 0 Å². The van der Waals surface area contributed by atoms with E-state index in [1.165, 1.54) is 77.0 Å². The highest BCUT2D eigenvalue weighted by molar-refractivity contribution is 5.69. The van der Waals surface area contributed by atoms with Gasteiger partial charge >= 0.3 is 5.97 Å². The summed E-state index contributed by atoms with van der Waals surface area (Å²) in [6.45, 7) is 5.06. The lowest BCUT2D eigenvalue weighted by Crippen LogP contribution is -2.14. The Balaban J connectivity index is 3.30. The first-order chi connectivity index (χ1) is 17.8. The summed E-state index contributed by atoms with van der Waals surface area (Å²) in [6.07, 6.45) is 22.7. The highest BCUT2D eigenvalue weighted by Gasteiger charge is 2.02. The molecule has 0 aromatic carbocycles. The number of nitrogens with two attached hydrogens (primary N) is 1. The van der Waals surface area contributed by atoms with E-state index >= 15 is 0 Å². The summed E-state index contributed by atoms with van der Waals surface area (Å²) in [4.78, 5) is 11.7. The molecule has 208 valence electrons. The van der Waals surface area contributed by atoms with Crippen LogP contribution in [0.4, 0.5) is 0 Å². The molecular formula is C31H55NO4. The predicted octanol–water partition coefficient (Wildman–Crippen LogP) is 6.96. The minimum Gasteiger partial charge on any atom is -0.463 e. The normalized spacial score (nSPS) is 10.4. The van der Waals surface area contributed by atoms with Gasteiger partial charge in [-0.05, 0) is 31.1 Å². The molecule has 0 spiro atoms. The quantitative estimate of drug-likeness (QED) is 0.0781. The molecular weight excluding hydrogens is 450 g/mol. The van der Waals surface area contributed by atoms with Gasteiger partial charge in [0.15, 0.2) is 0 Å². The van der Waals surface area contributed by atoms with E-state index in [0.29, 0.717) is 46.0 Å². The Bertz CT molecular complexity index is 585. The van der Waals surface area contributed by atoms with Crippen molar-refractivity contribution < 1.29 is 19.0 Å². The van der Waals surface area contributed by atoms with Crippen molar-refractivity contribution in [2.24, 2.45) is 5.73 Å². The molecule has 0 aliphatic carbocycles. The minimum absolute atomic E-state index is 0.137. The standard InChI is InChI=1S/C31H55NO4/c1-2-3-4-5-6-7-8-9-10-11-12-13-14-15-16-17-18-19-20-21-22-23-24-31(33)36-30-29-35-28-27-34-26-25-32/h2-12,17-30,32H2,1H3. The number of carbonyl (C=O) groups excluding carboxylic acids is 1. The molecule has 0 saturated carbocycles. The second kappa shape index (κ2) is 31.5. The van der Waals surface area contributed by atoms with E-state index in [0.717, 1.165) is 38.5 Å². The first-order valence-corrected chi connectivity index (χ1v) is 14.8. The second-order valence-corrected chi connectivity index (χ2v) is 9.39. The Hall–Kier alpha value is -1.53. The lowest BCUT2D eigenvalue weighted by atomic mass is 10.1. The van der Waals surface area contributed by atoms with Crippen LogP contribution < -0.4 is 5.73 Å². The van der Waals surface area contributed by atoms with Crippen molar-refractivity contribution in [1.29, 1.82) is 0 Å². The third-order valence-corrected chi connectivity index (χ3v) is 5.95. The zero-order valence-corrected chi connectivity index (χ0v) is 23.4. The van der Waals surface area contributed by atoms with Crippen molar-refractivity contribution in [3.05, 3.63) is 0 Å². The van der Waals surface area contributed by atoms with Crippen molar-refractivity contribution in [2.75, 3.05) is 39.6 Å². The van der Waals surface area contributed by atoms with Crippen molar-refractivity contribution in [3.63, 3.8) is 0 Å². The Kier molecular flexibility index (Phi) is 30.2. The third kappa shape index (κ3) is 30.5. The molecule has 0 unspecified atom stereocenters. The van der Waals surface area contributed by atoms with Crippen LogP contribution in [0.5, 0.6) is 0 Å². The zero-order chi connectivity index (χ0) is 26.2. The molecule has 0 radical (unpaired) electrons. The SMILES string of the molecule is CCCCCCCCCCCCC#CC#CCCCCCCCCC(=O)OCCOCCOCCN. The molecule has 36 heavy (non-hydrogen) atoms. The van der Waals surface area contributed by atoms with Gasteiger partial charge in [-0.3, -0.25) is 4.79 Å². The topological polar surface area (TPSA) is 70.8 Å². The fraction of sp³-hybridized carbons (Fsp3) is 0.839. The fourth-order valence-corrected chi connectivity index (χ4v) is 3.80. The maximum Gasteiger partial charge on any atom is 0.305 e. The smallest absolute Gasteiger partial charge is 0.305 e. The van der Waals surface area contributed by atoms with Gasteiger partial charge in [0.1, 0.15) is 6.61 Å². The van der Waals surface area contributed by atoms with Crippen LogP contribution in [0.2, 0.25) is 0 Å². The Morgan fingerprint density at radius 1 is 0.583 bits per heavy atom. The molecule has 5 heteroatoms. The van der Waals surface area contributed by atoms with Crippen molar-refractivity contribution in [3.8, 4) is 23.7 Å². The third-order valence-electron chi connectivity index (χ3n) is 5.95. The largest absolute Gasteiger partial charge is 0.463 e. The average molecular weight is 506 g/mol. The summed E-state index contributed by atoms with van der Waals surface area (Å²) in [5.41, 5.74) is 5.32. The van der Waals surface area contributed by atoms with Crippen LogP contribution in [0, 0.1) is 23.7 Å². The molecule has 0 atom stereocenters. The van der Waals surface area contributed by atoms with Crippen molar-refractivity contribution >= 4 is 5.97 Å². The van der Waals surface area contributed by atoms with Gasteiger partial charge in [0.2, 0.25) is 0 Å². The van der Waals surface area contributed by atoms with E-state index in [4.69, 9.17) is 19.9 Å². The monoisotopic (exact) mass is 505 g/mol. The molecule has 0 fully saturated rings. The van der Waals surface area contributed by atoms with Gasteiger partial charge in [-0.15, -0.1) is 0 Å². The first kappa shape index (κ1) is 34.5. The summed E-state index contributed by atoms with van der Waals surface area (Å²) >= 11 is 0. The lowest BCUT2D eigenvalue weighted by molar-refractivity contribution is -0.145. The van der Waals surface area contributed by atoms with Crippen molar-refractivity contribution in [2.45, 2.75) is 129 Å². The van der Waals surface area contributed by atoms with E-state index < -0.39 is 0 Å². The van der Waals surface area contributed by atoms with Crippen LogP contribution in [0.3, 0.4) is 0 Å². The molecule has 2 N–H and O–H groups in total. The summed E-state index contributed by atoms with van der Waals surface area (Å²) in [5.74, 6) is 12.2. The van der Waals surface area contributed by atoms with Crippen LogP contribution in [0.15, 0.2) is 0 Å². The fourth-order valence-electron chi connectivity index (χ4n) is 3.80. The average Bonchev–Trinajstić information content (AvgIpc) is 2.88. The van der Waals surface area contributed by atoms with E-state index in [9.17, 15) is 4.79 Å². The number of unbranched alkanes of at least 4 members (excludes halogenated alkanes) is 16. The van der Waals surface area contributed by atoms with E-state index in [-0.39, 0.29) is 5.97 Å². The minimum atomic E-state index is -0.137. The van der Waals surface area contributed by atoms with Gasteiger partial charge in [0.25, 0.3) is 0 Å². The predicted molar refractivity (Wildman–Crippen MR) is 151 cm³/mol. The van der Waals surface area contributed by atoms with Crippen LogP contribution in [-0.2, 0) is 19.0 Å². The molecule has 0 aromatic heterocycles. The Morgan fingerprint density at radius 3 is 1.56 bits per heavy atom. The highest BCUT2D eigenvalue weighted by atomic mass is 16.6. The molecule has 0 aliphatic heterocycles. The summed E-state index contributed by atoms with van der Waals surface area (Å²) < 4.78 is 15.7. The van der Waals surface area contributed by atoms with Crippen LogP contribution in [0.1, 0.15) is 129 Å². The van der Waals surface area contributed by atoms with Gasteiger partial charge < -0.3 is 19.9 Å². The van der Waals surface area contributed by atoms with Crippen LogP contribution >= 0.6 is 0 Å². The molecule has 5 nitrogen and oxygen atoms in total. The first-order valence-electron chi connectivity index (χ1n) is 14.8. The van der Waals surface area contributed by atoms with Gasteiger partial charge in [0, 0.05) is 25.8 Å². The molecule has 0 amide bonds. The molecule has 0 aliphatic rings. The second-order valence-electron chi connectivity index (χ2n) is 9.39. The molecule has 0 aromatic rings. The Labute approximate surface area is 223 Å². The Morgan fingerprint density at radius 2 is 1.03 bits per heavy atom. The number of ether oxygens (including phenoxy) is 3. The van der Waals surface area contributed by atoms with Gasteiger partial charge in [-0.2, -0.15) is 0 Å². The lowest BCUT2D eigenvalue weighted by Gasteiger charge is -2.06. The van der Waals surface area contributed by atoms with E-state index in [2.05, 4.69) is 30.6 Å². The van der Waals surface area contributed by atoms with E-state index in [1.54, 1.807) is 0 Å². The van der Waals surface area contributed by atoms with E-state index in [1.807, 2.05) is 0 Å².